The van der Waals surface area contributed by atoms with Crippen LogP contribution in [0.5, 0.6) is 0 Å². The molecule has 0 saturated carbocycles. The van der Waals surface area contributed by atoms with Gasteiger partial charge in [0.1, 0.15) is 18.2 Å². The highest BCUT2D eigenvalue weighted by Gasteiger charge is 2.24. The van der Waals surface area contributed by atoms with E-state index in [4.69, 9.17) is 16.5 Å². The standard InChI is InChI=1S/C31H29N2O/c1-19(2)18-23-13-17-27(33(6)21(23)4)28-20(3)12-14-24-25-15-16-26(32-5)29(31(25)34-30(24)28)22-10-8-7-9-11-22/h7-17,19H,18H2,1-4,6H3/q+1/i13D,17D,18D2. The molecule has 168 valence electrons. The zero-order valence-corrected chi connectivity index (χ0v) is 20.1. The summed E-state index contributed by atoms with van der Waals surface area (Å²) in [4.78, 5) is 3.76. The molecule has 3 heteroatoms. The highest BCUT2D eigenvalue weighted by atomic mass is 16.3. The molecule has 3 aromatic carbocycles. The third-order valence-corrected chi connectivity index (χ3v) is 6.35. The molecule has 0 atom stereocenters. The number of benzene rings is 3. The summed E-state index contributed by atoms with van der Waals surface area (Å²) in [6.45, 7) is 15.1. The molecule has 0 aliphatic heterocycles. The van der Waals surface area contributed by atoms with Gasteiger partial charge in [-0.25, -0.2) is 4.85 Å². The summed E-state index contributed by atoms with van der Waals surface area (Å²) in [6, 6.07) is 17.3. The second kappa shape index (κ2) is 8.47. The average Bonchev–Trinajstić information content (AvgIpc) is 3.27. The Morgan fingerprint density at radius 3 is 2.32 bits per heavy atom. The minimum Gasteiger partial charge on any atom is -0.456 e. The van der Waals surface area contributed by atoms with E-state index in [9.17, 15) is 0 Å². The molecule has 2 aromatic heterocycles. The lowest BCUT2D eigenvalue weighted by Gasteiger charge is -2.11. The lowest BCUT2D eigenvalue weighted by atomic mass is 9.96. The lowest BCUT2D eigenvalue weighted by Crippen LogP contribution is -2.36. The van der Waals surface area contributed by atoms with Crippen molar-refractivity contribution in [3.05, 3.63) is 94.9 Å². The molecule has 2 heterocycles. The number of hydrogen-bond donors (Lipinski definition) is 0. The van der Waals surface area contributed by atoms with Crippen LogP contribution in [0.2, 0.25) is 0 Å². The van der Waals surface area contributed by atoms with Gasteiger partial charge in [0.2, 0.25) is 5.69 Å². The molecule has 5 aromatic rings. The second-order valence-electron chi connectivity index (χ2n) is 8.97. The van der Waals surface area contributed by atoms with Crippen molar-refractivity contribution in [3.8, 4) is 22.4 Å². The molecule has 0 aliphatic rings. The van der Waals surface area contributed by atoms with Crippen LogP contribution in [-0.2, 0) is 13.4 Å². The average molecular weight is 450 g/mol. The molecule has 0 spiro atoms. The SMILES string of the molecule is [2H]c1c([2H])c(-c2c(C)ccc3c2oc2c(-c4ccccc4)c([N+]#[C-])ccc23)[n+](C)c(C)c1C([2H])([2H])C(C)C. The minimum absolute atomic E-state index is 0.0428. The van der Waals surface area contributed by atoms with E-state index < -0.39 is 6.37 Å². The maximum Gasteiger partial charge on any atom is 0.216 e. The molecule has 5 rings (SSSR count). The molecule has 3 nitrogen and oxygen atoms in total. The van der Waals surface area contributed by atoms with Crippen LogP contribution in [0.15, 0.2) is 71.1 Å². The Morgan fingerprint density at radius 2 is 1.65 bits per heavy atom. The van der Waals surface area contributed by atoms with Gasteiger partial charge in [0.05, 0.1) is 14.9 Å². The van der Waals surface area contributed by atoms with Crippen LogP contribution in [0.25, 0.3) is 49.2 Å². The van der Waals surface area contributed by atoms with E-state index in [1.807, 2.05) is 73.1 Å². The summed E-state index contributed by atoms with van der Waals surface area (Å²) in [5, 5.41) is 1.73. The number of aromatic nitrogens is 1. The van der Waals surface area contributed by atoms with Crippen LogP contribution in [0.1, 0.15) is 36.2 Å². The molecule has 0 unspecified atom stereocenters. The van der Waals surface area contributed by atoms with Gasteiger partial charge < -0.3 is 4.42 Å². The van der Waals surface area contributed by atoms with Gasteiger partial charge in [-0.15, -0.1) is 0 Å². The van der Waals surface area contributed by atoms with Gasteiger partial charge in [0, 0.05) is 37.6 Å². The monoisotopic (exact) mass is 449 g/mol. The predicted octanol–water partition coefficient (Wildman–Crippen LogP) is 8.11. The van der Waals surface area contributed by atoms with Gasteiger partial charge in [-0.1, -0.05) is 68.4 Å². The molecule has 0 amide bonds. The van der Waals surface area contributed by atoms with E-state index in [0.717, 1.165) is 27.5 Å². The van der Waals surface area contributed by atoms with Crippen LogP contribution in [0.4, 0.5) is 5.69 Å². The molecule has 0 fully saturated rings. The van der Waals surface area contributed by atoms with E-state index in [1.54, 1.807) is 20.8 Å². The zero-order chi connectivity index (χ0) is 27.5. The van der Waals surface area contributed by atoms with Gasteiger partial charge >= 0.3 is 0 Å². The van der Waals surface area contributed by atoms with Crippen molar-refractivity contribution < 1.29 is 14.5 Å². The van der Waals surface area contributed by atoms with Crippen molar-refractivity contribution in [2.75, 3.05) is 0 Å². The smallest absolute Gasteiger partial charge is 0.216 e. The maximum absolute atomic E-state index is 9.02. The Hall–Kier alpha value is -3.90. The van der Waals surface area contributed by atoms with Crippen LogP contribution < -0.4 is 4.57 Å². The fourth-order valence-corrected chi connectivity index (χ4v) is 4.55. The summed E-state index contributed by atoms with van der Waals surface area (Å²) < 4.78 is 43.6. The zero-order valence-electron chi connectivity index (χ0n) is 24.1. The van der Waals surface area contributed by atoms with Crippen molar-refractivity contribution in [1.29, 1.82) is 0 Å². The van der Waals surface area contributed by atoms with Gasteiger partial charge in [0.15, 0.2) is 11.4 Å². The molecular weight excluding hydrogens is 416 g/mol. The molecule has 0 saturated heterocycles. The quantitative estimate of drug-likeness (QED) is 0.200. The van der Waals surface area contributed by atoms with Gasteiger partial charge in [-0.05, 0) is 36.4 Å². The molecule has 0 bridgehead atoms. The number of hydrogen-bond acceptors (Lipinski definition) is 1. The molecule has 0 aliphatic carbocycles. The van der Waals surface area contributed by atoms with E-state index in [0.29, 0.717) is 33.8 Å². The van der Waals surface area contributed by atoms with E-state index in [1.165, 1.54) is 0 Å². The Bertz CT molecular complexity index is 1750. The second-order valence-corrected chi connectivity index (χ2v) is 8.97. The third kappa shape index (κ3) is 3.47. The summed E-state index contributed by atoms with van der Waals surface area (Å²) in [6.07, 6.45) is -1.76. The number of aryl methyl sites for hydroxylation is 1. The molecular formula is C31H29N2O+. The topological polar surface area (TPSA) is 21.4 Å². The van der Waals surface area contributed by atoms with Gasteiger partial charge in [-0.2, -0.15) is 4.57 Å². The summed E-state index contributed by atoms with van der Waals surface area (Å²) in [7, 11) is 1.81. The Morgan fingerprint density at radius 1 is 0.971 bits per heavy atom. The minimum atomic E-state index is -1.76. The highest BCUT2D eigenvalue weighted by Crippen LogP contribution is 2.44. The van der Waals surface area contributed by atoms with Crippen LogP contribution >= 0.6 is 0 Å². The van der Waals surface area contributed by atoms with Gasteiger partial charge in [0.25, 0.3) is 0 Å². The Balaban J connectivity index is 1.90. The van der Waals surface area contributed by atoms with E-state index in [-0.39, 0.29) is 23.6 Å². The fraction of sp³-hybridized carbons (Fsp3) is 0.226. The van der Waals surface area contributed by atoms with Gasteiger partial charge in [-0.3, -0.25) is 0 Å². The van der Waals surface area contributed by atoms with Crippen LogP contribution in [0.3, 0.4) is 0 Å². The third-order valence-electron chi connectivity index (χ3n) is 6.35. The first-order valence-corrected chi connectivity index (χ1v) is 11.4. The fourth-order valence-electron chi connectivity index (χ4n) is 4.55. The van der Waals surface area contributed by atoms with Crippen molar-refractivity contribution in [3.63, 3.8) is 0 Å². The largest absolute Gasteiger partial charge is 0.456 e. The normalized spacial score (nSPS) is 13.6. The maximum atomic E-state index is 9.02. The highest BCUT2D eigenvalue weighted by molar-refractivity contribution is 6.15. The summed E-state index contributed by atoms with van der Waals surface area (Å²) >= 11 is 0. The predicted molar refractivity (Wildman–Crippen MR) is 140 cm³/mol. The molecule has 34 heavy (non-hydrogen) atoms. The van der Waals surface area contributed by atoms with Crippen LogP contribution in [0, 0.1) is 26.3 Å². The van der Waals surface area contributed by atoms with Crippen molar-refractivity contribution >= 4 is 27.6 Å². The van der Waals surface area contributed by atoms with Crippen molar-refractivity contribution in [2.45, 2.75) is 34.1 Å². The number of furan rings is 1. The number of pyridine rings is 1. The summed E-state index contributed by atoms with van der Waals surface area (Å²) in [5.74, 6) is -0.357. The van der Waals surface area contributed by atoms with Crippen molar-refractivity contribution in [1.82, 2.24) is 0 Å². The number of fused-ring (bicyclic) bond motifs is 3. The Labute approximate surface area is 206 Å². The summed E-state index contributed by atoms with van der Waals surface area (Å²) in [5.41, 5.74) is 6.23. The molecule has 0 N–H and O–H groups in total. The Kier molecular flexibility index (Phi) is 4.37. The first kappa shape index (κ1) is 17.6. The number of rotatable bonds is 4. The van der Waals surface area contributed by atoms with Crippen LogP contribution in [-0.4, -0.2) is 0 Å². The number of nitrogens with zero attached hydrogens (tertiary/aromatic N) is 2. The molecule has 0 radical (unpaired) electrons. The first-order valence-electron chi connectivity index (χ1n) is 13.4. The van der Waals surface area contributed by atoms with E-state index >= 15 is 0 Å². The van der Waals surface area contributed by atoms with Crippen molar-refractivity contribution in [2.24, 2.45) is 13.0 Å². The lowest BCUT2D eigenvalue weighted by molar-refractivity contribution is -0.667. The first-order chi connectivity index (χ1) is 18.0. The van der Waals surface area contributed by atoms with E-state index in [2.05, 4.69) is 4.85 Å².